The maximum Gasteiger partial charge on any atom is 0.227 e. The fraction of sp³-hybridized carbons (Fsp3) is 0.318. The Balaban J connectivity index is 1.93. The number of benzene rings is 1. The molecule has 0 amide bonds. The summed E-state index contributed by atoms with van der Waals surface area (Å²) in [5.74, 6) is 1.53. The van der Waals surface area contributed by atoms with Crippen LogP contribution in [-0.4, -0.2) is 19.5 Å². The number of anilines is 2. The van der Waals surface area contributed by atoms with E-state index in [4.69, 9.17) is 4.98 Å². The molecule has 2 heterocycles. The van der Waals surface area contributed by atoms with Gasteiger partial charge in [-0.3, -0.25) is 0 Å². The summed E-state index contributed by atoms with van der Waals surface area (Å²) in [5.41, 5.74) is 2.94. The maximum atomic E-state index is 4.70. The predicted molar refractivity (Wildman–Crippen MR) is 112 cm³/mol. The molecule has 0 aliphatic carbocycles. The molecule has 0 aliphatic rings. The second-order valence-corrected chi connectivity index (χ2v) is 7.61. The third kappa shape index (κ3) is 5.03. The van der Waals surface area contributed by atoms with E-state index in [0.29, 0.717) is 5.95 Å². The first kappa shape index (κ1) is 18.8. The smallest absolute Gasteiger partial charge is 0.227 e. The van der Waals surface area contributed by atoms with Crippen molar-refractivity contribution in [2.75, 3.05) is 5.32 Å². The van der Waals surface area contributed by atoms with E-state index in [1.807, 2.05) is 42.6 Å². The minimum atomic E-state index is 0.116. The van der Waals surface area contributed by atoms with Gasteiger partial charge in [0, 0.05) is 18.4 Å². The lowest BCUT2D eigenvalue weighted by molar-refractivity contribution is 0.546. The number of hydrogen-bond donors (Lipinski definition) is 1. The van der Waals surface area contributed by atoms with Crippen LogP contribution in [0.25, 0.3) is 17.5 Å². The first-order chi connectivity index (χ1) is 13.0. The molecule has 0 aliphatic heterocycles. The third-order valence-corrected chi connectivity index (χ3v) is 4.01. The lowest BCUT2D eigenvalue weighted by atomic mass is 9.96. The summed E-state index contributed by atoms with van der Waals surface area (Å²) in [6.45, 7) is 9.62. The van der Waals surface area contributed by atoms with Crippen LogP contribution in [0.3, 0.4) is 0 Å². The van der Waals surface area contributed by atoms with Crippen molar-refractivity contribution in [3.8, 4) is 11.4 Å². The van der Waals surface area contributed by atoms with Crippen molar-refractivity contribution in [1.82, 2.24) is 19.5 Å². The standard InChI is InChI=1S/C22H27N5/c1-5-15-27-19(16-24-20(27)11-13-22(2,3)4)18-12-14-23-21(26-18)25-17-9-7-6-8-10-17/h6-14,16H,5,15H2,1-4H3,(H,23,25,26)/b13-11+. The van der Waals surface area contributed by atoms with Crippen LogP contribution in [0.15, 0.2) is 54.9 Å². The molecule has 0 bridgehead atoms. The average molecular weight is 361 g/mol. The second-order valence-electron chi connectivity index (χ2n) is 7.61. The third-order valence-electron chi connectivity index (χ3n) is 4.01. The minimum absolute atomic E-state index is 0.116. The van der Waals surface area contributed by atoms with Crippen LogP contribution in [0.4, 0.5) is 11.6 Å². The highest BCUT2D eigenvalue weighted by molar-refractivity contribution is 5.61. The first-order valence-corrected chi connectivity index (χ1v) is 9.36. The summed E-state index contributed by atoms with van der Waals surface area (Å²) in [7, 11) is 0. The average Bonchev–Trinajstić information content (AvgIpc) is 3.04. The molecule has 3 aromatic rings. The zero-order valence-electron chi connectivity index (χ0n) is 16.5. The predicted octanol–water partition coefficient (Wildman–Crippen LogP) is 5.55. The second kappa shape index (κ2) is 8.16. The van der Waals surface area contributed by atoms with Crippen molar-refractivity contribution >= 4 is 17.7 Å². The van der Waals surface area contributed by atoms with E-state index in [-0.39, 0.29) is 5.41 Å². The van der Waals surface area contributed by atoms with Gasteiger partial charge in [-0.15, -0.1) is 0 Å². The molecule has 140 valence electrons. The highest BCUT2D eigenvalue weighted by atomic mass is 15.1. The van der Waals surface area contributed by atoms with Crippen molar-refractivity contribution in [3.63, 3.8) is 0 Å². The van der Waals surface area contributed by atoms with Crippen molar-refractivity contribution in [3.05, 3.63) is 60.7 Å². The molecule has 0 radical (unpaired) electrons. The van der Waals surface area contributed by atoms with Crippen LogP contribution in [-0.2, 0) is 6.54 Å². The van der Waals surface area contributed by atoms with Gasteiger partial charge in [0.25, 0.3) is 0 Å². The molecule has 5 nitrogen and oxygen atoms in total. The molecule has 0 saturated carbocycles. The zero-order chi connectivity index (χ0) is 19.3. The fourth-order valence-electron chi connectivity index (χ4n) is 2.72. The monoisotopic (exact) mass is 361 g/mol. The van der Waals surface area contributed by atoms with Gasteiger partial charge in [-0.1, -0.05) is 52.0 Å². The molecule has 1 N–H and O–H groups in total. The van der Waals surface area contributed by atoms with Gasteiger partial charge >= 0.3 is 0 Å². The molecular formula is C22H27N5. The number of aromatic nitrogens is 4. The van der Waals surface area contributed by atoms with Gasteiger partial charge < -0.3 is 9.88 Å². The Bertz CT molecular complexity index is 904. The van der Waals surface area contributed by atoms with Crippen LogP contribution in [0.1, 0.15) is 39.9 Å². The Morgan fingerprint density at radius 1 is 1.07 bits per heavy atom. The summed E-state index contributed by atoms with van der Waals surface area (Å²) in [6.07, 6.45) is 8.99. The van der Waals surface area contributed by atoms with Crippen LogP contribution in [0.5, 0.6) is 0 Å². The number of nitrogens with zero attached hydrogens (tertiary/aromatic N) is 4. The van der Waals surface area contributed by atoms with Crippen LogP contribution in [0, 0.1) is 5.41 Å². The van der Waals surface area contributed by atoms with Crippen molar-refractivity contribution < 1.29 is 0 Å². The zero-order valence-corrected chi connectivity index (χ0v) is 16.5. The van der Waals surface area contributed by atoms with E-state index in [2.05, 4.69) is 59.7 Å². The van der Waals surface area contributed by atoms with E-state index < -0.39 is 0 Å². The quantitative estimate of drug-likeness (QED) is 0.625. The Labute approximate surface area is 161 Å². The van der Waals surface area contributed by atoms with E-state index in [0.717, 1.165) is 35.9 Å². The normalized spacial score (nSPS) is 11.9. The van der Waals surface area contributed by atoms with Gasteiger partial charge in [-0.25, -0.2) is 15.0 Å². The Morgan fingerprint density at radius 2 is 1.85 bits per heavy atom. The summed E-state index contributed by atoms with van der Waals surface area (Å²) >= 11 is 0. The van der Waals surface area contributed by atoms with Crippen LogP contribution < -0.4 is 5.32 Å². The van der Waals surface area contributed by atoms with Crippen molar-refractivity contribution in [2.24, 2.45) is 5.41 Å². The summed E-state index contributed by atoms with van der Waals surface area (Å²) in [6, 6.07) is 11.9. The number of para-hydroxylation sites is 1. The summed E-state index contributed by atoms with van der Waals surface area (Å²) in [5, 5.41) is 3.25. The first-order valence-electron chi connectivity index (χ1n) is 9.36. The summed E-state index contributed by atoms with van der Waals surface area (Å²) in [4.78, 5) is 13.7. The van der Waals surface area contributed by atoms with E-state index in [1.165, 1.54) is 0 Å². The van der Waals surface area contributed by atoms with Gasteiger partial charge in [-0.2, -0.15) is 0 Å². The van der Waals surface area contributed by atoms with Crippen LogP contribution >= 0.6 is 0 Å². The molecule has 0 fully saturated rings. The number of allylic oxidation sites excluding steroid dienone is 1. The van der Waals surface area contributed by atoms with E-state index >= 15 is 0 Å². The lowest BCUT2D eigenvalue weighted by Crippen LogP contribution is -2.05. The Hall–Kier alpha value is -2.95. The molecule has 0 spiro atoms. The highest BCUT2D eigenvalue weighted by Crippen LogP contribution is 2.23. The number of rotatable bonds is 6. The van der Waals surface area contributed by atoms with Gasteiger partial charge in [-0.05, 0) is 36.1 Å². The van der Waals surface area contributed by atoms with Crippen molar-refractivity contribution in [1.29, 1.82) is 0 Å². The topological polar surface area (TPSA) is 55.6 Å². The van der Waals surface area contributed by atoms with Gasteiger partial charge in [0.15, 0.2) is 0 Å². The van der Waals surface area contributed by atoms with E-state index in [1.54, 1.807) is 6.20 Å². The Morgan fingerprint density at radius 3 is 2.56 bits per heavy atom. The summed E-state index contributed by atoms with van der Waals surface area (Å²) < 4.78 is 2.22. The molecule has 0 saturated heterocycles. The van der Waals surface area contributed by atoms with Gasteiger partial charge in [0.2, 0.25) is 5.95 Å². The highest BCUT2D eigenvalue weighted by Gasteiger charge is 2.13. The molecule has 3 rings (SSSR count). The molecule has 27 heavy (non-hydrogen) atoms. The number of imidazole rings is 1. The molecule has 0 atom stereocenters. The SMILES string of the molecule is CCCn1c(-c2ccnc(Nc3ccccc3)n2)cnc1/C=C/C(C)(C)C. The van der Waals surface area contributed by atoms with Gasteiger partial charge in [0.05, 0.1) is 17.6 Å². The van der Waals surface area contributed by atoms with Gasteiger partial charge in [0.1, 0.15) is 5.82 Å². The Kier molecular flexibility index (Phi) is 5.69. The van der Waals surface area contributed by atoms with Crippen LogP contribution in [0.2, 0.25) is 0 Å². The minimum Gasteiger partial charge on any atom is -0.324 e. The molecule has 2 aromatic heterocycles. The van der Waals surface area contributed by atoms with E-state index in [9.17, 15) is 0 Å². The number of hydrogen-bond acceptors (Lipinski definition) is 4. The molecular weight excluding hydrogens is 334 g/mol. The number of nitrogens with one attached hydrogen (secondary N) is 1. The largest absolute Gasteiger partial charge is 0.324 e. The molecule has 1 aromatic carbocycles. The molecule has 0 unspecified atom stereocenters. The fourth-order valence-corrected chi connectivity index (χ4v) is 2.72. The lowest BCUT2D eigenvalue weighted by Gasteiger charge is -2.13. The molecule has 5 heteroatoms. The van der Waals surface area contributed by atoms with Crippen molar-refractivity contribution in [2.45, 2.75) is 40.7 Å². The maximum absolute atomic E-state index is 4.70.